The monoisotopic (exact) mass is 293 g/mol. The number of fused-ring (bicyclic) bond motifs is 1. The van der Waals surface area contributed by atoms with Crippen molar-refractivity contribution in [3.05, 3.63) is 35.2 Å². The van der Waals surface area contributed by atoms with Crippen LogP contribution in [0.3, 0.4) is 0 Å². The van der Waals surface area contributed by atoms with Gasteiger partial charge in [0.05, 0.1) is 5.56 Å². The van der Waals surface area contributed by atoms with Crippen LogP contribution in [0.5, 0.6) is 0 Å². The maximum Gasteiger partial charge on any atom is 0.252 e. The number of nitrogens with one attached hydrogen (secondary N) is 1. The maximum absolute atomic E-state index is 12.4. The Balaban J connectivity index is 1.80. The first kappa shape index (κ1) is 12.9. The normalized spacial score (nSPS) is 22.8. The van der Waals surface area contributed by atoms with Crippen molar-refractivity contribution in [3.63, 3.8) is 0 Å². The zero-order valence-electron chi connectivity index (χ0n) is 10.6. The second-order valence-electron chi connectivity index (χ2n) is 5.07. The molecule has 2 aromatic rings. The first-order valence-corrected chi connectivity index (χ1v) is 8.04. The molecule has 1 N–H and O–H groups in total. The quantitative estimate of drug-likeness (QED) is 0.850. The van der Waals surface area contributed by atoms with E-state index in [1.54, 1.807) is 11.3 Å². The van der Waals surface area contributed by atoms with Gasteiger partial charge < -0.3 is 5.32 Å². The molecule has 3 rings (SSSR count). The number of hydrogen-bond acceptors (Lipinski definition) is 2. The average Bonchev–Trinajstić information content (AvgIpc) is 3.04. The van der Waals surface area contributed by atoms with E-state index in [0.717, 1.165) is 34.9 Å². The minimum absolute atomic E-state index is 0.0412. The Morgan fingerprint density at radius 1 is 1.37 bits per heavy atom. The summed E-state index contributed by atoms with van der Waals surface area (Å²) >= 11 is 7.58. The average molecular weight is 294 g/mol. The van der Waals surface area contributed by atoms with E-state index in [2.05, 4.69) is 5.32 Å². The van der Waals surface area contributed by atoms with E-state index in [4.69, 9.17) is 11.6 Å². The summed E-state index contributed by atoms with van der Waals surface area (Å²) < 4.78 is 1.16. The van der Waals surface area contributed by atoms with Gasteiger partial charge >= 0.3 is 0 Å². The maximum atomic E-state index is 12.4. The van der Waals surface area contributed by atoms with Gasteiger partial charge in [-0.05, 0) is 24.8 Å². The van der Waals surface area contributed by atoms with Crippen LogP contribution in [-0.4, -0.2) is 17.8 Å². The molecule has 1 aliphatic carbocycles. The first-order chi connectivity index (χ1) is 9.29. The predicted molar refractivity (Wildman–Crippen MR) is 81.1 cm³/mol. The molecule has 1 aromatic carbocycles. The van der Waals surface area contributed by atoms with E-state index >= 15 is 0 Å². The number of rotatable bonds is 3. The van der Waals surface area contributed by atoms with Crippen molar-refractivity contribution < 1.29 is 4.79 Å². The Bertz CT molecular complexity index is 595. The SMILES string of the molecule is O=C(NC1CCCC1CCl)c1csc2ccccc12. The zero-order chi connectivity index (χ0) is 13.2. The van der Waals surface area contributed by atoms with E-state index in [-0.39, 0.29) is 11.9 Å². The number of halogens is 1. The summed E-state index contributed by atoms with van der Waals surface area (Å²) in [4.78, 5) is 12.4. The number of amides is 1. The third-order valence-electron chi connectivity index (χ3n) is 3.90. The molecule has 2 nitrogen and oxygen atoms in total. The molecule has 0 radical (unpaired) electrons. The fraction of sp³-hybridized carbons (Fsp3) is 0.400. The second kappa shape index (κ2) is 5.51. The molecule has 1 saturated carbocycles. The number of alkyl halides is 1. The van der Waals surface area contributed by atoms with Gasteiger partial charge in [0.1, 0.15) is 0 Å². The molecule has 1 heterocycles. The van der Waals surface area contributed by atoms with Gasteiger partial charge in [-0.15, -0.1) is 22.9 Å². The van der Waals surface area contributed by atoms with Gasteiger partial charge in [0.2, 0.25) is 0 Å². The lowest BCUT2D eigenvalue weighted by molar-refractivity contribution is 0.0932. The number of carbonyl (C=O) groups is 1. The summed E-state index contributed by atoms with van der Waals surface area (Å²) in [6.07, 6.45) is 3.33. The molecule has 1 fully saturated rings. The Morgan fingerprint density at radius 3 is 3.05 bits per heavy atom. The Hall–Kier alpha value is -1.06. The highest BCUT2D eigenvalue weighted by Gasteiger charge is 2.28. The van der Waals surface area contributed by atoms with Crippen LogP contribution in [-0.2, 0) is 0 Å². The minimum atomic E-state index is 0.0412. The number of thiophene rings is 1. The van der Waals surface area contributed by atoms with E-state index in [1.165, 1.54) is 0 Å². The van der Waals surface area contributed by atoms with Gasteiger partial charge in [-0.1, -0.05) is 24.6 Å². The molecule has 0 bridgehead atoms. The highest BCUT2D eigenvalue weighted by molar-refractivity contribution is 7.17. The molecule has 0 aliphatic heterocycles. The summed E-state index contributed by atoms with van der Waals surface area (Å²) in [6.45, 7) is 0. The third-order valence-corrected chi connectivity index (χ3v) is 5.26. The Kier molecular flexibility index (Phi) is 3.76. The van der Waals surface area contributed by atoms with E-state index in [0.29, 0.717) is 11.8 Å². The van der Waals surface area contributed by atoms with Crippen LogP contribution in [0.4, 0.5) is 0 Å². The largest absolute Gasteiger partial charge is 0.349 e. The minimum Gasteiger partial charge on any atom is -0.349 e. The molecule has 1 aliphatic rings. The topological polar surface area (TPSA) is 29.1 Å². The highest BCUT2D eigenvalue weighted by atomic mass is 35.5. The predicted octanol–water partition coefficient (Wildman–Crippen LogP) is 4.04. The van der Waals surface area contributed by atoms with Crippen molar-refractivity contribution >= 4 is 38.9 Å². The molecule has 19 heavy (non-hydrogen) atoms. The van der Waals surface area contributed by atoms with Gasteiger partial charge in [0, 0.05) is 27.4 Å². The fourth-order valence-electron chi connectivity index (χ4n) is 2.81. The third kappa shape index (κ3) is 2.49. The zero-order valence-corrected chi connectivity index (χ0v) is 12.1. The summed E-state index contributed by atoms with van der Waals surface area (Å²) in [6, 6.07) is 8.27. The molecular formula is C15H16ClNOS. The van der Waals surface area contributed by atoms with Crippen molar-refractivity contribution in [2.45, 2.75) is 25.3 Å². The van der Waals surface area contributed by atoms with Crippen molar-refractivity contribution in [1.29, 1.82) is 0 Å². The van der Waals surface area contributed by atoms with Crippen LogP contribution in [0.2, 0.25) is 0 Å². The van der Waals surface area contributed by atoms with Crippen molar-refractivity contribution in [2.75, 3.05) is 5.88 Å². The van der Waals surface area contributed by atoms with E-state index in [9.17, 15) is 4.79 Å². The lowest BCUT2D eigenvalue weighted by Gasteiger charge is -2.18. The van der Waals surface area contributed by atoms with Crippen LogP contribution in [0.15, 0.2) is 29.6 Å². The van der Waals surface area contributed by atoms with Crippen LogP contribution in [0, 0.1) is 5.92 Å². The molecule has 1 aromatic heterocycles. The van der Waals surface area contributed by atoms with E-state index in [1.807, 2.05) is 29.6 Å². The summed E-state index contributed by atoms with van der Waals surface area (Å²) in [7, 11) is 0. The molecule has 0 saturated heterocycles. The lowest BCUT2D eigenvalue weighted by Crippen LogP contribution is -2.37. The molecule has 1 amide bonds. The lowest BCUT2D eigenvalue weighted by atomic mass is 10.1. The smallest absolute Gasteiger partial charge is 0.252 e. The Morgan fingerprint density at radius 2 is 2.21 bits per heavy atom. The van der Waals surface area contributed by atoms with Crippen LogP contribution < -0.4 is 5.32 Å². The van der Waals surface area contributed by atoms with Gasteiger partial charge in [0.25, 0.3) is 5.91 Å². The van der Waals surface area contributed by atoms with Gasteiger partial charge in [-0.3, -0.25) is 4.79 Å². The van der Waals surface area contributed by atoms with E-state index < -0.39 is 0 Å². The van der Waals surface area contributed by atoms with Crippen molar-refractivity contribution in [1.82, 2.24) is 5.32 Å². The van der Waals surface area contributed by atoms with Crippen LogP contribution in [0.25, 0.3) is 10.1 Å². The van der Waals surface area contributed by atoms with Crippen LogP contribution in [0.1, 0.15) is 29.6 Å². The van der Waals surface area contributed by atoms with Crippen molar-refractivity contribution in [3.8, 4) is 0 Å². The molecule has 0 spiro atoms. The summed E-state index contributed by atoms with van der Waals surface area (Å²) in [5.74, 6) is 1.10. The first-order valence-electron chi connectivity index (χ1n) is 6.62. The number of hydrogen-bond donors (Lipinski definition) is 1. The highest BCUT2D eigenvalue weighted by Crippen LogP contribution is 2.29. The van der Waals surface area contributed by atoms with Crippen LogP contribution >= 0.6 is 22.9 Å². The second-order valence-corrected chi connectivity index (χ2v) is 6.29. The summed E-state index contributed by atoms with van der Waals surface area (Å²) in [5.41, 5.74) is 0.792. The molecular weight excluding hydrogens is 278 g/mol. The number of benzene rings is 1. The van der Waals surface area contributed by atoms with Gasteiger partial charge in [0.15, 0.2) is 0 Å². The fourth-order valence-corrected chi connectivity index (χ4v) is 4.12. The van der Waals surface area contributed by atoms with Crippen molar-refractivity contribution in [2.24, 2.45) is 5.92 Å². The standard InChI is InChI=1S/C15H16ClNOS/c16-8-10-4-3-6-13(10)17-15(18)12-9-19-14-7-2-1-5-11(12)14/h1-2,5,7,9-10,13H,3-4,6,8H2,(H,17,18). The molecule has 2 unspecified atom stereocenters. The molecule has 4 heteroatoms. The Labute approximate surface area is 121 Å². The van der Waals surface area contributed by atoms with Gasteiger partial charge in [-0.2, -0.15) is 0 Å². The van der Waals surface area contributed by atoms with Gasteiger partial charge in [-0.25, -0.2) is 0 Å². The molecule has 100 valence electrons. The summed E-state index contributed by atoms with van der Waals surface area (Å²) in [5, 5.41) is 6.15. The number of carbonyl (C=O) groups excluding carboxylic acids is 1. The molecule has 2 atom stereocenters.